The molecule has 6 nitrogen and oxygen atoms in total. The molecule has 1 rings (SSSR count). The highest BCUT2D eigenvalue weighted by molar-refractivity contribution is 5.69. The van der Waals surface area contributed by atoms with Crippen LogP contribution in [0.3, 0.4) is 0 Å². The van der Waals surface area contributed by atoms with Crippen molar-refractivity contribution in [2.75, 3.05) is 19.7 Å². The van der Waals surface area contributed by atoms with E-state index in [2.05, 4.69) is 9.74 Å². The second kappa shape index (κ2) is 5.92. The van der Waals surface area contributed by atoms with Crippen molar-refractivity contribution >= 4 is 5.97 Å². The molecule has 0 heterocycles. The fourth-order valence-corrected chi connectivity index (χ4v) is 1.40. The zero-order chi connectivity index (χ0) is 10.4. The lowest BCUT2D eigenvalue weighted by molar-refractivity contribution is -0.151. The van der Waals surface area contributed by atoms with Crippen LogP contribution in [0, 0.1) is 0 Å². The smallest absolute Gasteiger partial charge is 0.327 e. The molecule has 82 valence electrons. The maximum Gasteiger partial charge on any atom is 0.327 e. The van der Waals surface area contributed by atoms with E-state index in [0.29, 0.717) is 25.6 Å². The Morgan fingerprint density at radius 2 is 2.29 bits per heavy atom. The molecule has 1 fully saturated rings. The molecule has 0 aromatic carbocycles. The standard InChI is InChI=1S/C8H17N3O3/c9-10-14-8(13)3-4-11(5-6-12)7-1-2-7/h7,10,12H,1-6,9H2. The monoisotopic (exact) mass is 203 g/mol. The van der Waals surface area contributed by atoms with E-state index in [1.165, 1.54) is 0 Å². The predicted octanol–water partition coefficient (Wildman–Crippen LogP) is -1.25. The molecule has 0 aromatic heterocycles. The van der Waals surface area contributed by atoms with Gasteiger partial charge in [0.05, 0.1) is 13.0 Å². The number of carbonyl (C=O) groups excluding carboxylic acids is 1. The summed E-state index contributed by atoms with van der Waals surface area (Å²) in [5, 5.41) is 8.79. The number of carbonyl (C=O) groups is 1. The summed E-state index contributed by atoms with van der Waals surface area (Å²) in [5.74, 6) is 4.44. The van der Waals surface area contributed by atoms with Gasteiger partial charge < -0.3 is 9.94 Å². The van der Waals surface area contributed by atoms with Crippen LogP contribution in [-0.4, -0.2) is 41.7 Å². The van der Waals surface area contributed by atoms with Gasteiger partial charge in [0.1, 0.15) is 0 Å². The number of rotatable bonds is 7. The minimum atomic E-state index is -0.379. The van der Waals surface area contributed by atoms with Crippen molar-refractivity contribution in [2.45, 2.75) is 25.3 Å². The number of hydrazine groups is 1. The van der Waals surface area contributed by atoms with Crippen molar-refractivity contribution < 1.29 is 14.7 Å². The third-order valence-corrected chi connectivity index (χ3v) is 2.23. The summed E-state index contributed by atoms with van der Waals surface area (Å²) < 4.78 is 0. The van der Waals surface area contributed by atoms with Gasteiger partial charge in [-0.25, -0.2) is 5.84 Å². The minimum Gasteiger partial charge on any atom is -0.395 e. The Bertz CT molecular complexity index is 185. The van der Waals surface area contributed by atoms with Crippen LogP contribution in [-0.2, 0) is 9.63 Å². The molecule has 6 heteroatoms. The van der Waals surface area contributed by atoms with Gasteiger partial charge in [-0.1, -0.05) is 5.59 Å². The zero-order valence-corrected chi connectivity index (χ0v) is 8.11. The second-order valence-corrected chi connectivity index (χ2v) is 3.33. The molecular weight excluding hydrogens is 186 g/mol. The topological polar surface area (TPSA) is 87.8 Å². The maximum atomic E-state index is 10.9. The SMILES string of the molecule is NNOC(=O)CCN(CCO)C1CC1. The van der Waals surface area contributed by atoms with Gasteiger partial charge in [-0.2, -0.15) is 0 Å². The quantitative estimate of drug-likeness (QED) is 0.354. The van der Waals surface area contributed by atoms with Gasteiger partial charge in [0.2, 0.25) is 0 Å². The van der Waals surface area contributed by atoms with E-state index in [1.807, 2.05) is 5.59 Å². The van der Waals surface area contributed by atoms with E-state index in [1.54, 1.807) is 0 Å². The Hall–Kier alpha value is -0.690. The van der Waals surface area contributed by atoms with E-state index in [9.17, 15) is 4.79 Å². The summed E-state index contributed by atoms with van der Waals surface area (Å²) in [5.41, 5.74) is 1.85. The van der Waals surface area contributed by atoms with Gasteiger partial charge in [0.25, 0.3) is 0 Å². The molecule has 0 amide bonds. The third-order valence-electron chi connectivity index (χ3n) is 2.23. The lowest BCUT2D eigenvalue weighted by Crippen LogP contribution is -2.33. The van der Waals surface area contributed by atoms with Gasteiger partial charge in [-0.15, -0.1) is 0 Å². The van der Waals surface area contributed by atoms with Crippen LogP contribution in [0.5, 0.6) is 0 Å². The van der Waals surface area contributed by atoms with Crippen LogP contribution in [0.25, 0.3) is 0 Å². The molecule has 0 aromatic rings. The highest BCUT2D eigenvalue weighted by Gasteiger charge is 2.28. The van der Waals surface area contributed by atoms with E-state index < -0.39 is 0 Å². The number of hydrogen-bond donors (Lipinski definition) is 3. The largest absolute Gasteiger partial charge is 0.395 e. The average molecular weight is 203 g/mol. The Morgan fingerprint density at radius 3 is 2.79 bits per heavy atom. The first-order chi connectivity index (χ1) is 6.77. The molecule has 1 saturated carbocycles. The molecule has 4 N–H and O–H groups in total. The molecule has 1 aliphatic carbocycles. The summed E-state index contributed by atoms with van der Waals surface area (Å²) in [6, 6.07) is 0.542. The van der Waals surface area contributed by atoms with E-state index >= 15 is 0 Å². The van der Waals surface area contributed by atoms with Crippen LogP contribution in [0.2, 0.25) is 0 Å². The van der Waals surface area contributed by atoms with E-state index in [4.69, 9.17) is 10.9 Å². The minimum absolute atomic E-state index is 0.126. The molecule has 0 aliphatic heterocycles. The number of aliphatic hydroxyl groups excluding tert-OH is 1. The number of aliphatic hydroxyl groups is 1. The summed E-state index contributed by atoms with van der Waals surface area (Å²) in [4.78, 5) is 17.4. The van der Waals surface area contributed by atoms with Gasteiger partial charge in [0, 0.05) is 19.1 Å². The number of nitrogens with two attached hydrogens (primary N) is 1. The van der Waals surface area contributed by atoms with Crippen molar-refractivity contribution in [3.05, 3.63) is 0 Å². The van der Waals surface area contributed by atoms with Crippen LogP contribution < -0.4 is 11.4 Å². The molecule has 1 aliphatic rings. The fraction of sp³-hybridized carbons (Fsp3) is 0.875. The van der Waals surface area contributed by atoms with Gasteiger partial charge in [-0.05, 0) is 12.8 Å². The van der Waals surface area contributed by atoms with Crippen molar-refractivity contribution in [1.29, 1.82) is 0 Å². The average Bonchev–Trinajstić information content (AvgIpc) is 2.96. The van der Waals surface area contributed by atoms with E-state index in [-0.39, 0.29) is 12.6 Å². The van der Waals surface area contributed by atoms with Crippen LogP contribution in [0.15, 0.2) is 0 Å². The summed E-state index contributed by atoms with van der Waals surface area (Å²) in [7, 11) is 0. The maximum absolute atomic E-state index is 10.9. The molecule has 0 radical (unpaired) electrons. The zero-order valence-electron chi connectivity index (χ0n) is 8.11. The Labute approximate surface area is 82.9 Å². The van der Waals surface area contributed by atoms with Crippen molar-refractivity contribution in [3.8, 4) is 0 Å². The van der Waals surface area contributed by atoms with Crippen molar-refractivity contribution in [2.24, 2.45) is 5.84 Å². The number of nitrogens with zero attached hydrogens (tertiary/aromatic N) is 1. The molecule has 0 bridgehead atoms. The summed E-state index contributed by atoms with van der Waals surface area (Å²) >= 11 is 0. The molecule has 0 unspecified atom stereocenters. The lowest BCUT2D eigenvalue weighted by atomic mass is 10.3. The van der Waals surface area contributed by atoms with Gasteiger partial charge >= 0.3 is 5.97 Å². The molecule has 0 atom stereocenters. The molecular formula is C8H17N3O3. The first-order valence-corrected chi connectivity index (χ1v) is 4.78. The highest BCUT2D eigenvalue weighted by Crippen LogP contribution is 2.26. The van der Waals surface area contributed by atoms with Gasteiger partial charge in [-0.3, -0.25) is 9.69 Å². The first-order valence-electron chi connectivity index (χ1n) is 4.78. The Morgan fingerprint density at radius 1 is 1.57 bits per heavy atom. The summed E-state index contributed by atoms with van der Waals surface area (Å²) in [6.45, 7) is 1.36. The molecule has 0 saturated heterocycles. The van der Waals surface area contributed by atoms with Crippen LogP contribution in [0.1, 0.15) is 19.3 Å². The molecule has 14 heavy (non-hydrogen) atoms. The van der Waals surface area contributed by atoms with Crippen molar-refractivity contribution in [3.63, 3.8) is 0 Å². The van der Waals surface area contributed by atoms with Crippen LogP contribution >= 0.6 is 0 Å². The highest BCUT2D eigenvalue weighted by atomic mass is 16.7. The predicted molar refractivity (Wildman–Crippen MR) is 49.7 cm³/mol. The molecule has 0 spiro atoms. The Balaban J connectivity index is 2.15. The summed E-state index contributed by atoms with van der Waals surface area (Å²) in [6.07, 6.45) is 2.61. The van der Waals surface area contributed by atoms with E-state index in [0.717, 1.165) is 12.8 Å². The van der Waals surface area contributed by atoms with Crippen molar-refractivity contribution in [1.82, 2.24) is 10.5 Å². The second-order valence-electron chi connectivity index (χ2n) is 3.33. The third kappa shape index (κ3) is 4.01. The first kappa shape index (κ1) is 11.4. The lowest BCUT2D eigenvalue weighted by Gasteiger charge is -2.19. The van der Waals surface area contributed by atoms with Crippen LogP contribution in [0.4, 0.5) is 0 Å². The Kier molecular flexibility index (Phi) is 4.81. The number of hydrogen-bond acceptors (Lipinski definition) is 6. The number of nitrogens with one attached hydrogen (secondary N) is 1. The normalized spacial score (nSPS) is 15.9. The van der Waals surface area contributed by atoms with Gasteiger partial charge in [0.15, 0.2) is 0 Å². The fourth-order valence-electron chi connectivity index (χ4n) is 1.40.